The van der Waals surface area contributed by atoms with Crippen LogP contribution in [0.5, 0.6) is 5.75 Å². The standard InChI is InChI=1S/C19H12Cl2O5S/c20-14-9-11(5-7-16(14)22)19(12-6-8-17(23)15(21)10-12)13-3-1-2-4-18(13)27(24,25)26/h1-10,22H,(H,24,25,26)/p-1/b19-12-. The third-order valence-corrected chi connectivity index (χ3v) is 5.38. The first kappa shape index (κ1) is 19.4. The van der Waals surface area contributed by atoms with Crippen LogP contribution in [0.3, 0.4) is 0 Å². The molecule has 0 aliphatic heterocycles. The molecule has 1 N–H and O–H groups in total. The molecule has 138 valence electrons. The zero-order chi connectivity index (χ0) is 19.8. The van der Waals surface area contributed by atoms with E-state index in [0.29, 0.717) is 16.7 Å². The number of allylic oxidation sites excluding steroid dienone is 5. The fraction of sp³-hybridized carbons (Fsp3) is 0. The molecule has 8 heteroatoms. The van der Waals surface area contributed by atoms with E-state index in [2.05, 4.69) is 0 Å². The Morgan fingerprint density at radius 1 is 1.04 bits per heavy atom. The lowest BCUT2D eigenvalue weighted by atomic mass is 9.91. The molecule has 1 aliphatic rings. The number of carbonyl (C=O) groups is 1. The number of hydrogen-bond donors (Lipinski definition) is 1. The minimum Gasteiger partial charge on any atom is -0.744 e. The number of aromatic hydroxyl groups is 1. The monoisotopic (exact) mass is 421 g/mol. The second-order valence-corrected chi connectivity index (χ2v) is 7.80. The summed E-state index contributed by atoms with van der Waals surface area (Å²) < 4.78 is 35.3. The Bertz CT molecular complexity index is 1140. The maximum Gasteiger partial charge on any atom is 0.197 e. The molecule has 27 heavy (non-hydrogen) atoms. The molecule has 2 aromatic carbocycles. The van der Waals surface area contributed by atoms with Crippen LogP contribution in [0.4, 0.5) is 0 Å². The molecule has 0 spiro atoms. The van der Waals surface area contributed by atoms with Crippen LogP contribution in [0.15, 0.2) is 76.2 Å². The lowest BCUT2D eigenvalue weighted by Gasteiger charge is -2.19. The number of phenolic OH excluding ortho intramolecular Hbond substituents is 1. The smallest absolute Gasteiger partial charge is 0.197 e. The van der Waals surface area contributed by atoms with Crippen LogP contribution in [0, 0.1) is 0 Å². The van der Waals surface area contributed by atoms with Gasteiger partial charge in [-0.25, -0.2) is 8.42 Å². The largest absolute Gasteiger partial charge is 0.744 e. The molecular formula is C19H11Cl2O5S-. The van der Waals surface area contributed by atoms with Crippen LogP contribution in [-0.4, -0.2) is 23.9 Å². The van der Waals surface area contributed by atoms with Crippen molar-refractivity contribution in [1.29, 1.82) is 0 Å². The number of ketones is 1. The van der Waals surface area contributed by atoms with E-state index in [1.54, 1.807) is 6.07 Å². The lowest BCUT2D eigenvalue weighted by Crippen LogP contribution is -2.06. The first-order valence-electron chi connectivity index (χ1n) is 7.56. The highest BCUT2D eigenvalue weighted by atomic mass is 35.5. The van der Waals surface area contributed by atoms with Crippen molar-refractivity contribution in [3.8, 4) is 5.75 Å². The van der Waals surface area contributed by atoms with Crippen LogP contribution in [0.25, 0.3) is 5.57 Å². The summed E-state index contributed by atoms with van der Waals surface area (Å²) in [5.41, 5.74) is 1.30. The van der Waals surface area contributed by atoms with Crippen molar-refractivity contribution in [2.75, 3.05) is 0 Å². The molecule has 0 fully saturated rings. The third kappa shape index (κ3) is 3.99. The van der Waals surface area contributed by atoms with Crippen molar-refractivity contribution in [3.63, 3.8) is 0 Å². The van der Waals surface area contributed by atoms with Gasteiger partial charge in [-0.3, -0.25) is 4.79 Å². The van der Waals surface area contributed by atoms with Gasteiger partial charge in [0.15, 0.2) is 5.78 Å². The highest BCUT2D eigenvalue weighted by Gasteiger charge is 2.20. The number of phenols is 1. The Kier molecular flexibility index (Phi) is 5.26. The van der Waals surface area contributed by atoms with E-state index in [4.69, 9.17) is 23.2 Å². The van der Waals surface area contributed by atoms with E-state index in [-0.39, 0.29) is 21.4 Å². The van der Waals surface area contributed by atoms with Crippen molar-refractivity contribution < 1.29 is 22.9 Å². The molecule has 0 heterocycles. The molecule has 2 aromatic rings. The molecule has 0 atom stereocenters. The number of halogens is 2. The van der Waals surface area contributed by atoms with Crippen molar-refractivity contribution in [1.82, 2.24) is 0 Å². The summed E-state index contributed by atoms with van der Waals surface area (Å²) in [7, 11) is -4.78. The van der Waals surface area contributed by atoms with Gasteiger partial charge in [0.1, 0.15) is 15.9 Å². The minimum absolute atomic E-state index is 0.0407. The Morgan fingerprint density at radius 3 is 2.37 bits per heavy atom. The number of carbonyl (C=O) groups excluding carboxylic acids is 1. The highest BCUT2D eigenvalue weighted by molar-refractivity contribution is 7.85. The van der Waals surface area contributed by atoms with Crippen LogP contribution in [0.1, 0.15) is 11.1 Å². The third-order valence-electron chi connectivity index (χ3n) is 3.88. The molecule has 0 unspecified atom stereocenters. The molecule has 5 nitrogen and oxygen atoms in total. The molecule has 0 bridgehead atoms. The molecule has 3 rings (SSSR count). The molecule has 0 amide bonds. The SMILES string of the molecule is O=C1C=C/C(=C(\c2ccc(O)c(Cl)c2)c2ccccc2S(=O)(=O)[O-])C=C1Cl. The molecule has 0 saturated carbocycles. The Hall–Kier alpha value is -2.38. The first-order chi connectivity index (χ1) is 12.7. The summed E-state index contributed by atoms with van der Waals surface area (Å²) in [6, 6.07) is 9.97. The van der Waals surface area contributed by atoms with Crippen LogP contribution >= 0.6 is 23.2 Å². The molecular weight excluding hydrogens is 411 g/mol. The van der Waals surface area contributed by atoms with E-state index in [1.165, 1.54) is 54.6 Å². The quantitative estimate of drug-likeness (QED) is 0.755. The maximum absolute atomic E-state index is 11.8. The van der Waals surface area contributed by atoms with Crippen molar-refractivity contribution in [2.24, 2.45) is 0 Å². The number of rotatable bonds is 3. The molecule has 1 aliphatic carbocycles. The van der Waals surface area contributed by atoms with E-state index in [9.17, 15) is 22.9 Å². The van der Waals surface area contributed by atoms with Crippen molar-refractivity contribution in [2.45, 2.75) is 4.90 Å². The van der Waals surface area contributed by atoms with Gasteiger partial charge in [-0.05, 0) is 47.1 Å². The highest BCUT2D eigenvalue weighted by Crippen LogP contribution is 2.37. The van der Waals surface area contributed by atoms with Crippen LogP contribution in [0.2, 0.25) is 5.02 Å². The zero-order valence-corrected chi connectivity index (χ0v) is 15.8. The van der Waals surface area contributed by atoms with E-state index in [1.807, 2.05) is 0 Å². The molecule has 0 aromatic heterocycles. The normalized spacial score (nSPS) is 16.3. The van der Waals surface area contributed by atoms with Crippen molar-refractivity contribution >= 4 is 44.7 Å². The van der Waals surface area contributed by atoms with Gasteiger partial charge >= 0.3 is 0 Å². The summed E-state index contributed by atoms with van der Waals surface area (Å²) >= 11 is 11.9. The van der Waals surface area contributed by atoms with Gasteiger partial charge < -0.3 is 9.66 Å². The summed E-state index contributed by atoms with van der Waals surface area (Å²) in [6.07, 6.45) is 4.10. The second kappa shape index (κ2) is 7.32. The molecule has 0 saturated heterocycles. The van der Waals surface area contributed by atoms with E-state index < -0.39 is 20.8 Å². The Morgan fingerprint density at radius 2 is 1.74 bits per heavy atom. The van der Waals surface area contributed by atoms with Gasteiger partial charge in [-0.15, -0.1) is 0 Å². The van der Waals surface area contributed by atoms with Gasteiger partial charge in [0.05, 0.1) is 15.0 Å². The number of hydrogen-bond acceptors (Lipinski definition) is 5. The Labute approximate surface area is 165 Å². The summed E-state index contributed by atoms with van der Waals surface area (Å²) in [5, 5.41) is 9.66. The van der Waals surface area contributed by atoms with Crippen molar-refractivity contribution in [3.05, 3.63) is 87.4 Å². The van der Waals surface area contributed by atoms with Gasteiger partial charge in [-0.1, -0.05) is 53.5 Å². The molecule has 0 radical (unpaired) electrons. The average Bonchev–Trinajstić information content (AvgIpc) is 2.61. The van der Waals surface area contributed by atoms with Crippen LogP contribution in [-0.2, 0) is 14.9 Å². The summed E-state index contributed by atoms with van der Waals surface area (Å²) in [5.74, 6) is -0.550. The minimum atomic E-state index is -4.78. The average molecular weight is 422 g/mol. The lowest BCUT2D eigenvalue weighted by molar-refractivity contribution is -0.110. The van der Waals surface area contributed by atoms with E-state index in [0.717, 1.165) is 0 Å². The van der Waals surface area contributed by atoms with E-state index >= 15 is 0 Å². The topological polar surface area (TPSA) is 94.5 Å². The van der Waals surface area contributed by atoms with Gasteiger partial charge in [0.2, 0.25) is 0 Å². The van der Waals surface area contributed by atoms with Gasteiger partial charge in [0, 0.05) is 5.56 Å². The predicted octanol–water partition coefficient (Wildman–Crippen LogP) is 4.01. The van der Waals surface area contributed by atoms with Crippen LogP contribution < -0.4 is 0 Å². The second-order valence-electron chi connectivity index (χ2n) is 5.64. The van der Waals surface area contributed by atoms with Gasteiger partial charge in [0.25, 0.3) is 0 Å². The fourth-order valence-electron chi connectivity index (χ4n) is 2.69. The zero-order valence-electron chi connectivity index (χ0n) is 13.5. The summed E-state index contributed by atoms with van der Waals surface area (Å²) in [6.45, 7) is 0. The predicted molar refractivity (Wildman–Crippen MR) is 102 cm³/mol. The van der Waals surface area contributed by atoms with Gasteiger partial charge in [-0.2, -0.15) is 0 Å². The Balaban J connectivity index is 2.40. The maximum atomic E-state index is 11.8. The fourth-order valence-corrected chi connectivity index (χ4v) is 3.73. The summed E-state index contributed by atoms with van der Waals surface area (Å²) in [4.78, 5) is 11.2. The number of benzene rings is 2. The first-order valence-corrected chi connectivity index (χ1v) is 9.73.